The molecular weight excluding hydrogens is 406 g/mol. The Bertz CT molecular complexity index is 798. The number of carbonyl (C=O) groups is 3. The quantitative estimate of drug-likeness (QED) is 0.560. The minimum Gasteiger partial charge on any atom is -0.481 e. The second-order valence-corrected chi connectivity index (χ2v) is 10.3. The molecule has 1 heterocycles. The summed E-state index contributed by atoms with van der Waals surface area (Å²) in [4.78, 5) is 39.8. The molecule has 7 heteroatoms. The Morgan fingerprint density at radius 1 is 1.16 bits per heavy atom. The van der Waals surface area contributed by atoms with E-state index >= 15 is 0 Å². The largest absolute Gasteiger partial charge is 0.481 e. The number of rotatable bonds is 10. The zero-order valence-electron chi connectivity index (χ0n) is 20.4. The number of carboxylic acid groups (broad SMARTS) is 1. The van der Waals surface area contributed by atoms with Crippen LogP contribution in [0.5, 0.6) is 0 Å². The zero-order chi connectivity index (χ0) is 24.1. The zero-order valence-corrected chi connectivity index (χ0v) is 20.4. The molecule has 1 aliphatic rings. The predicted molar refractivity (Wildman–Crippen MR) is 125 cm³/mol. The first-order valence-corrected chi connectivity index (χ1v) is 11.6. The van der Waals surface area contributed by atoms with Crippen LogP contribution in [0.1, 0.15) is 76.7 Å². The lowest BCUT2D eigenvalue weighted by atomic mass is 9.79. The molecule has 2 N–H and O–H groups in total. The monoisotopic (exact) mass is 445 g/mol. The van der Waals surface area contributed by atoms with Gasteiger partial charge in [-0.2, -0.15) is 0 Å². The molecule has 178 valence electrons. The van der Waals surface area contributed by atoms with Gasteiger partial charge in [-0.3, -0.25) is 9.59 Å². The van der Waals surface area contributed by atoms with Crippen molar-refractivity contribution in [3.63, 3.8) is 0 Å². The highest BCUT2D eigenvalue weighted by atomic mass is 16.4. The minimum absolute atomic E-state index is 0.0731. The van der Waals surface area contributed by atoms with E-state index in [0.717, 1.165) is 24.9 Å². The molecule has 7 nitrogen and oxygen atoms in total. The summed E-state index contributed by atoms with van der Waals surface area (Å²) >= 11 is 0. The van der Waals surface area contributed by atoms with Gasteiger partial charge in [0.05, 0.1) is 12.5 Å². The number of hydrogen-bond donors (Lipinski definition) is 2. The van der Waals surface area contributed by atoms with Crippen LogP contribution >= 0.6 is 0 Å². The highest BCUT2D eigenvalue weighted by molar-refractivity contribution is 5.94. The summed E-state index contributed by atoms with van der Waals surface area (Å²) in [7, 11) is 0. The van der Waals surface area contributed by atoms with Crippen molar-refractivity contribution in [2.24, 2.45) is 11.3 Å². The van der Waals surface area contributed by atoms with E-state index in [2.05, 4.69) is 33.0 Å². The minimum atomic E-state index is -0.946. The fourth-order valence-electron chi connectivity index (χ4n) is 3.82. The Kier molecular flexibility index (Phi) is 8.70. The lowest BCUT2D eigenvalue weighted by molar-refractivity contribution is -0.136. The van der Waals surface area contributed by atoms with Crippen molar-refractivity contribution >= 4 is 17.9 Å². The topological polar surface area (TPSA) is 89.9 Å². The fraction of sp³-hybridized carbons (Fsp3) is 0.640. The van der Waals surface area contributed by atoms with Crippen molar-refractivity contribution in [3.8, 4) is 0 Å². The van der Waals surface area contributed by atoms with Crippen molar-refractivity contribution in [1.29, 1.82) is 0 Å². The van der Waals surface area contributed by atoms with E-state index in [-0.39, 0.29) is 42.4 Å². The first-order valence-electron chi connectivity index (χ1n) is 11.6. The van der Waals surface area contributed by atoms with Crippen molar-refractivity contribution in [1.82, 2.24) is 15.1 Å². The Morgan fingerprint density at radius 2 is 1.78 bits per heavy atom. The van der Waals surface area contributed by atoms with Gasteiger partial charge in [0, 0.05) is 31.2 Å². The Balaban J connectivity index is 2.05. The van der Waals surface area contributed by atoms with Crippen LogP contribution in [-0.2, 0) is 11.3 Å². The van der Waals surface area contributed by atoms with Gasteiger partial charge >= 0.3 is 12.0 Å². The number of urea groups is 1. The molecule has 1 saturated heterocycles. The summed E-state index contributed by atoms with van der Waals surface area (Å²) < 4.78 is 0. The second-order valence-electron chi connectivity index (χ2n) is 10.3. The number of hydrogen-bond acceptors (Lipinski definition) is 3. The second kappa shape index (κ2) is 10.8. The third kappa shape index (κ3) is 6.97. The fourth-order valence-corrected chi connectivity index (χ4v) is 3.82. The number of carbonyl (C=O) groups excluding carboxylic acids is 2. The van der Waals surface area contributed by atoms with E-state index in [1.807, 2.05) is 35.8 Å². The normalized spacial score (nSPS) is 17.7. The summed E-state index contributed by atoms with van der Waals surface area (Å²) in [5, 5.41) is 11.3. The Labute approximate surface area is 192 Å². The van der Waals surface area contributed by atoms with Gasteiger partial charge < -0.3 is 20.2 Å². The molecule has 3 amide bonds. The smallest absolute Gasteiger partial charge is 0.320 e. The average molecular weight is 446 g/mol. The van der Waals surface area contributed by atoms with Crippen LogP contribution < -0.4 is 5.32 Å². The SMILES string of the molecule is CC(C)N1CC(CCC(C)C(C)(C)C)N(Cc2ccc(C(=O)NCCC(=O)O)cc2)C1=O. The van der Waals surface area contributed by atoms with Crippen molar-refractivity contribution in [2.75, 3.05) is 13.1 Å². The molecule has 0 aliphatic carbocycles. The molecule has 2 unspecified atom stereocenters. The maximum absolute atomic E-state index is 13.1. The molecule has 1 aliphatic heterocycles. The van der Waals surface area contributed by atoms with Crippen LogP contribution in [0.3, 0.4) is 0 Å². The summed E-state index contributed by atoms with van der Waals surface area (Å²) in [6.07, 6.45) is 1.93. The van der Waals surface area contributed by atoms with E-state index in [1.165, 1.54) is 0 Å². The number of aliphatic carboxylic acids is 1. The van der Waals surface area contributed by atoms with Crippen molar-refractivity contribution in [2.45, 2.75) is 79.4 Å². The molecule has 0 aromatic heterocycles. The Morgan fingerprint density at radius 3 is 2.31 bits per heavy atom. The van der Waals surface area contributed by atoms with Crippen molar-refractivity contribution in [3.05, 3.63) is 35.4 Å². The van der Waals surface area contributed by atoms with Gasteiger partial charge in [-0.25, -0.2) is 4.79 Å². The standard InChI is InChI=1S/C25H39N3O4/c1-17(2)27-16-21(12-7-18(3)25(4,5)6)28(24(27)32)15-19-8-10-20(11-9-19)23(31)26-14-13-22(29)30/h8-11,17-18,21H,7,12-16H2,1-6H3,(H,26,31)(H,29,30). The average Bonchev–Trinajstić information content (AvgIpc) is 3.01. The molecule has 1 aromatic carbocycles. The molecule has 1 fully saturated rings. The molecule has 32 heavy (non-hydrogen) atoms. The summed E-state index contributed by atoms with van der Waals surface area (Å²) in [5.41, 5.74) is 1.69. The maximum atomic E-state index is 13.1. The van der Waals surface area contributed by atoms with E-state index in [0.29, 0.717) is 18.0 Å². The van der Waals surface area contributed by atoms with Crippen LogP contribution in [0.25, 0.3) is 0 Å². The highest BCUT2D eigenvalue weighted by Gasteiger charge is 2.38. The maximum Gasteiger partial charge on any atom is 0.320 e. The first kappa shape index (κ1) is 25.7. The number of nitrogens with one attached hydrogen (secondary N) is 1. The molecule has 0 saturated carbocycles. The lowest BCUT2D eigenvalue weighted by Crippen LogP contribution is -2.37. The predicted octanol–water partition coefficient (Wildman–Crippen LogP) is 4.37. The van der Waals surface area contributed by atoms with E-state index in [4.69, 9.17) is 5.11 Å². The van der Waals surface area contributed by atoms with Crippen LogP contribution in [0, 0.1) is 11.3 Å². The van der Waals surface area contributed by atoms with Crippen LogP contribution in [0.2, 0.25) is 0 Å². The molecule has 0 radical (unpaired) electrons. The molecule has 1 aromatic rings. The van der Waals surface area contributed by atoms with Gasteiger partial charge in [-0.15, -0.1) is 0 Å². The first-order chi connectivity index (χ1) is 14.9. The number of carboxylic acids is 1. The third-order valence-electron chi connectivity index (χ3n) is 6.57. The van der Waals surface area contributed by atoms with Gasteiger partial charge in [0.15, 0.2) is 0 Å². The molecule has 0 bridgehead atoms. The van der Waals surface area contributed by atoms with Gasteiger partial charge in [0.25, 0.3) is 5.91 Å². The van der Waals surface area contributed by atoms with Gasteiger partial charge in [-0.1, -0.05) is 39.8 Å². The van der Waals surface area contributed by atoms with Gasteiger partial charge in [-0.05, 0) is 55.7 Å². The molecule has 2 atom stereocenters. The third-order valence-corrected chi connectivity index (χ3v) is 6.57. The van der Waals surface area contributed by atoms with Crippen LogP contribution in [-0.4, -0.2) is 58.0 Å². The van der Waals surface area contributed by atoms with Gasteiger partial charge in [0.2, 0.25) is 0 Å². The Hall–Kier alpha value is -2.57. The summed E-state index contributed by atoms with van der Waals surface area (Å²) in [6, 6.07) is 7.59. The van der Waals surface area contributed by atoms with Crippen molar-refractivity contribution < 1.29 is 19.5 Å². The molecular formula is C25H39N3O4. The molecule has 0 spiro atoms. The van der Waals surface area contributed by atoms with E-state index < -0.39 is 5.97 Å². The lowest BCUT2D eigenvalue weighted by Gasteiger charge is -2.30. The summed E-state index contributed by atoms with van der Waals surface area (Å²) in [5.74, 6) is -0.681. The number of nitrogens with zero attached hydrogens (tertiary/aromatic N) is 2. The van der Waals surface area contributed by atoms with E-state index in [1.54, 1.807) is 12.1 Å². The molecule has 2 rings (SSSR count). The number of amides is 3. The number of benzene rings is 1. The van der Waals surface area contributed by atoms with Gasteiger partial charge in [0.1, 0.15) is 0 Å². The highest BCUT2D eigenvalue weighted by Crippen LogP contribution is 2.32. The van der Waals surface area contributed by atoms with Crippen LogP contribution in [0.4, 0.5) is 4.79 Å². The van der Waals surface area contributed by atoms with Crippen LogP contribution in [0.15, 0.2) is 24.3 Å². The van der Waals surface area contributed by atoms with E-state index in [9.17, 15) is 14.4 Å². The summed E-state index contributed by atoms with van der Waals surface area (Å²) in [6.45, 7) is 14.5.